The topological polar surface area (TPSA) is 73.7 Å². The van der Waals surface area contributed by atoms with Crippen molar-refractivity contribution < 1.29 is 19.1 Å². The van der Waals surface area contributed by atoms with Crippen molar-refractivity contribution in [3.63, 3.8) is 0 Å². The highest BCUT2D eigenvalue weighted by atomic mass is 35.5. The molecule has 1 fully saturated rings. The van der Waals surface area contributed by atoms with E-state index < -0.39 is 11.8 Å². The molecular formula is C23H25ClFN3O3. The Bertz CT molecular complexity index is 1030. The smallest absolute Gasteiger partial charge is 0.303 e. The number of hydrogen-bond donors (Lipinski definition) is 1. The quantitative estimate of drug-likeness (QED) is 0.742. The van der Waals surface area contributed by atoms with E-state index in [4.69, 9.17) is 21.7 Å². The number of nitrogens with zero attached hydrogens (tertiary/aromatic N) is 3. The van der Waals surface area contributed by atoms with Crippen LogP contribution in [0.1, 0.15) is 49.3 Å². The molecule has 6 nitrogen and oxygen atoms in total. The van der Waals surface area contributed by atoms with E-state index in [9.17, 15) is 14.0 Å². The van der Waals surface area contributed by atoms with E-state index in [1.165, 1.54) is 12.1 Å². The summed E-state index contributed by atoms with van der Waals surface area (Å²) < 4.78 is 14.0. The summed E-state index contributed by atoms with van der Waals surface area (Å²) in [5.41, 5.74) is 2.40. The Balaban J connectivity index is 1.56. The van der Waals surface area contributed by atoms with Crippen molar-refractivity contribution in [3.05, 3.63) is 52.6 Å². The van der Waals surface area contributed by atoms with E-state index in [-0.39, 0.29) is 28.7 Å². The highest BCUT2D eigenvalue weighted by Gasteiger charge is 2.38. The van der Waals surface area contributed by atoms with Crippen molar-refractivity contribution in [2.24, 2.45) is 5.92 Å². The number of aromatic nitrogens is 1. The number of carbonyl (C=O) groups excluding carboxylic acids is 1. The van der Waals surface area contributed by atoms with Crippen LogP contribution in [0.2, 0.25) is 5.02 Å². The number of carbonyl (C=O) groups is 2. The zero-order chi connectivity index (χ0) is 22.3. The zero-order valence-electron chi connectivity index (χ0n) is 17.6. The number of carboxylic acids is 1. The van der Waals surface area contributed by atoms with Crippen LogP contribution < -0.4 is 4.90 Å². The molecule has 164 valence electrons. The van der Waals surface area contributed by atoms with Gasteiger partial charge in [-0.05, 0) is 49.1 Å². The number of carboxylic acid groups (broad SMARTS) is 1. The van der Waals surface area contributed by atoms with E-state index in [0.29, 0.717) is 43.9 Å². The van der Waals surface area contributed by atoms with Crippen LogP contribution in [0.15, 0.2) is 30.3 Å². The molecule has 4 rings (SSSR count). The van der Waals surface area contributed by atoms with Gasteiger partial charge >= 0.3 is 5.97 Å². The first kappa shape index (κ1) is 21.6. The van der Waals surface area contributed by atoms with Crippen molar-refractivity contribution in [1.29, 1.82) is 0 Å². The zero-order valence-corrected chi connectivity index (χ0v) is 18.3. The van der Waals surface area contributed by atoms with E-state index in [0.717, 1.165) is 11.4 Å². The van der Waals surface area contributed by atoms with Gasteiger partial charge in [-0.1, -0.05) is 25.4 Å². The fourth-order valence-electron chi connectivity index (χ4n) is 4.47. The van der Waals surface area contributed by atoms with Gasteiger partial charge in [-0.2, -0.15) is 0 Å². The summed E-state index contributed by atoms with van der Waals surface area (Å²) in [5.74, 6) is -1.29. The maximum absolute atomic E-state index is 14.0. The average molecular weight is 446 g/mol. The Kier molecular flexibility index (Phi) is 5.64. The van der Waals surface area contributed by atoms with Gasteiger partial charge < -0.3 is 14.9 Å². The second kappa shape index (κ2) is 8.11. The standard InChI is InChI=1S/C23H25ClFN3O3/c1-23(2)13-28(15-3-4-16(24)17(25)12-15)19-6-5-18(26-21(19)23)22(31)27-9-7-14(8-10-27)11-20(29)30/h3-6,12,14H,7-11,13H2,1-2H3,(H,29,30). The lowest BCUT2D eigenvalue weighted by Crippen LogP contribution is -2.39. The van der Waals surface area contributed by atoms with E-state index in [1.54, 1.807) is 17.0 Å². The third kappa shape index (κ3) is 4.24. The Labute approximate surface area is 185 Å². The molecular weight excluding hydrogens is 421 g/mol. The largest absolute Gasteiger partial charge is 0.481 e. The molecule has 0 aliphatic carbocycles. The maximum atomic E-state index is 14.0. The molecule has 1 amide bonds. The molecule has 0 bridgehead atoms. The van der Waals surface area contributed by atoms with E-state index in [2.05, 4.69) is 13.8 Å². The van der Waals surface area contributed by atoms with Gasteiger partial charge in [0, 0.05) is 37.2 Å². The highest BCUT2D eigenvalue weighted by Crippen LogP contribution is 2.43. The molecule has 0 radical (unpaired) electrons. The Hall–Kier alpha value is -2.67. The van der Waals surface area contributed by atoms with Gasteiger partial charge in [0.2, 0.25) is 0 Å². The summed E-state index contributed by atoms with van der Waals surface area (Å²) in [4.78, 5) is 32.4. The number of benzene rings is 1. The third-order valence-corrected chi connectivity index (χ3v) is 6.46. The number of halogens is 2. The number of pyridine rings is 1. The molecule has 2 aliphatic rings. The van der Waals surface area contributed by atoms with Crippen LogP contribution >= 0.6 is 11.6 Å². The normalized spacial score (nSPS) is 18.2. The third-order valence-electron chi connectivity index (χ3n) is 6.16. The summed E-state index contributed by atoms with van der Waals surface area (Å²) in [5, 5.41) is 9.05. The fraction of sp³-hybridized carbons (Fsp3) is 0.435. The molecule has 0 saturated carbocycles. The summed E-state index contributed by atoms with van der Waals surface area (Å²) >= 11 is 5.83. The summed E-state index contributed by atoms with van der Waals surface area (Å²) in [6.45, 7) is 5.78. The molecule has 1 saturated heterocycles. The predicted octanol–water partition coefficient (Wildman–Crippen LogP) is 4.63. The molecule has 2 aliphatic heterocycles. The van der Waals surface area contributed by atoms with Gasteiger partial charge in [-0.25, -0.2) is 9.37 Å². The van der Waals surface area contributed by atoms with Gasteiger partial charge in [0.25, 0.3) is 5.91 Å². The monoisotopic (exact) mass is 445 g/mol. The first-order valence-corrected chi connectivity index (χ1v) is 10.8. The molecule has 1 aromatic heterocycles. The number of amides is 1. The van der Waals surface area contributed by atoms with Crippen molar-refractivity contribution >= 4 is 34.9 Å². The molecule has 31 heavy (non-hydrogen) atoms. The molecule has 0 spiro atoms. The second-order valence-electron chi connectivity index (χ2n) is 8.97. The Morgan fingerprint density at radius 3 is 2.58 bits per heavy atom. The van der Waals surface area contributed by atoms with Crippen LogP contribution in [0.3, 0.4) is 0 Å². The predicted molar refractivity (Wildman–Crippen MR) is 117 cm³/mol. The van der Waals surface area contributed by atoms with E-state index >= 15 is 0 Å². The van der Waals surface area contributed by atoms with Crippen molar-refractivity contribution in [1.82, 2.24) is 9.88 Å². The van der Waals surface area contributed by atoms with Gasteiger partial charge in [0.05, 0.1) is 16.4 Å². The van der Waals surface area contributed by atoms with Crippen LogP contribution in [0.25, 0.3) is 0 Å². The molecule has 3 heterocycles. The number of hydrogen-bond acceptors (Lipinski definition) is 4. The van der Waals surface area contributed by atoms with Crippen LogP contribution in [0.5, 0.6) is 0 Å². The number of anilines is 2. The van der Waals surface area contributed by atoms with Crippen molar-refractivity contribution in [2.45, 2.75) is 38.5 Å². The minimum Gasteiger partial charge on any atom is -0.481 e. The van der Waals surface area contributed by atoms with E-state index in [1.807, 2.05) is 11.0 Å². The minimum absolute atomic E-state index is 0.0774. The number of fused-ring (bicyclic) bond motifs is 1. The van der Waals surface area contributed by atoms with Crippen LogP contribution in [-0.4, -0.2) is 46.5 Å². The SMILES string of the molecule is CC1(C)CN(c2ccc(Cl)c(F)c2)c2ccc(C(=O)N3CCC(CC(=O)O)CC3)nc21. The summed E-state index contributed by atoms with van der Waals surface area (Å²) in [6, 6.07) is 8.31. The van der Waals surface area contributed by atoms with Crippen LogP contribution in [0, 0.1) is 11.7 Å². The lowest BCUT2D eigenvalue weighted by Gasteiger charge is -2.31. The van der Waals surface area contributed by atoms with Gasteiger partial charge in [-0.15, -0.1) is 0 Å². The molecule has 1 N–H and O–H groups in total. The molecule has 2 aromatic rings. The molecule has 8 heteroatoms. The van der Waals surface area contributed by atoms with Gasteiger partial charge in [0.1, 0.15) is 11.5 Å². The van der Waals surface area contributed by atoms with Gasteiger partial charge in [0.15, 0.2) is 0 Å². The number of rotatable bonds is 4. The molecule has 1 aromatic carbocycles. The fourth-order valence-corrected chi connectivity index (χ4v) is 4.59. The Morgan fingerprint density at radius 1 is 1.23 bits per heavy atom. The highest BCUT2D eigenvalue weighted by molar-refractivity contribution is 6.30. The van der Waals surface area contributed by atoms with Crippen molar-refractivity contribution in [2.75, 3.05) is 24.5 Å². The number of likely N-dealkylation sites (tertiary alicyclic amines) is 1. The average Bonchev–Trinajstić information content (AvgIpc) is 3.00. The summed E-state index contributed by atoms with van der Waals surface area (Å²) in [6.07, 6.45) is 1.52. The second-order valence-corrected chi connectivity index (χ2v) is 9.37. The first-order valence-electron chi connectivity index (χ1n) is 10.4. The number of piperidine rings is 1. The van der Waals surface area contributed by atoms with Crippen LogP contribution in [-0.2, 0) is 10.2 Å². The molecule has 0 unspecified atom stereocenters. The van der Waals surface area contributed by atoms with Crippen molar-refractivity contribution in [3.8, 4) is 0 Å². The maximum Gasteiger partial charge on any atom is 0.303 e. The molecule has 0 atom stereocenters. The first-order chi connectivity index (χ1) is 14.7. The lowest BCUT2D eigenvalue weighted by atomic mass is 9.91. The Morgan fingerprint density at radius 2 is 1.94 bits per heavy atom. The minimum atomic E-state index is -0.794. The summed E-state index contributed by atoms with van der Waals surface area (Å²) in [7, 11) is 0. The van der Waals surface area contributed by atoms with Gasteiger partial charge in [-0.3, -0.25) is 9.59 Å². The van der Waals surface area contributed by atoms with Crippen LogP contribution in [0.4, 0.5) is 15.8 Å². The lowest BCUT2D eigenvalue weighted by molar-refractivity contribution is -0.138. The number of aliphatic carboxylic acids is 1.